The number of aromatic nitrogens is 4. The van der Waals surface area contributed by atoms with Gasteiger partial charge in [-0.05, 0) is 56.4 Å². The second-order valence-electron chi connectivity index (χ2n) is 8.10. The van der Waals surface area contributed by atoms with E-state index in [1.165, 1.54) is 23.8 Å². The third kappa shape index (κ3) is 3.62. The Bertz CT molecular complexity index is 1300. The zero-order valence-electron chi connectivity index (χ0n) is 18.5. The SMILES string of the molecule is CCc1ccc(-c2nn(-c3ccccc3C)c3c2CCCc2nc(NC(C)=O)sc2-3)cn1. The number of hydrogen-bond acceptors (Lipinski definition) is 5. The van der Waals surface area contributed by atoms with Gasteiger partial charge in [0.05, 0.1) is 27.6 Å². The molecule has 0 fully saturated rings. The van der Waals surface area contributed by atoms with E-state index in [-0.39, 0.29) is 5.91 Å². The van der Waals surface area contributed by atoms with Crippen LogP contribution in [-0.4, -0.2) is 25.7 Å². The number of nitrogens with one attached hydrogen (secondary N) is 1. The fourth-order valence-corrected chi connectivity index (χ4v) is 5.36. The van der Waals surface area contributed by atoms with Gasteiger partial charge in [0.25, 0.3) is 0 Å². The lowest BCUT2D eigenvalue weighted by Crippen LogP contribution is -2.05. The van der Waals surface area contributed by atoms with Crippen molar-refractivity contribution in [1.29, 1.82) is 0 Å². The maximum absolute atomic E-state index is 11.6. The second-order valence-corrected chi connectivity index (χ2v) is 9.09. The van der Waals surface area contributed by atoms with Gasteiger partial charge in [-0.2, -0.15) is 5.10 Å². The van der Waals surface area contributed by atoms with E-state index in [1.54, 1.807) is 0 Å². The van der Waals surface area contributed by atoms with Gasteiger partial charge in [0.2, 0.25) is 5.91 Å². The number of anilines is 1. The number of carbonyl (C=O) groups excluding carboxylic acids is 1. The molecule has 0 spiro atoms. The first-order valence-electron chi connectivity index (χ1n) is 11.0. The largest absolute Gasteiger partial charge is 0.302 e. The van der Waals surface area contributed by atoms with Gasteiger partial charge in [-0.25, -0.2) is 9.67 Å². The normalized spacial score (nSPS) is 12.7. The van der Waals surface area contributed by atoms with Crippen LogP contribution in [0.2, 0.25) is 0 Å². The molecular formula is C25H25N5OS. The van der Waals surface area contributed by atoms with Crippen molar-refractivity contribution in [2.45, 2.75) is 46.5 Å². The molecule has 0 saturated heterocycles. The Kier molecular flexibility index (Phi) is 5.35. The van der Waals surface area contributed by atoms with Crippen LogP contribution < -0.4 is 5.32 Å². The molecule has 1 aromatic carbocycles. The van der Waals surface area contributed by atoms with Gasteiger partial charge in [0.15, 0.2) is 5.13 Å². The summed E-state index contributed by atoms with van der Waals surface area (Å²) in [4.78, 5) is 22.1. The molecule has 0 saturated carbocycles. The van der Waals surface area contributed by atoms with Gasteiger partial charge >= 0.3 is 0 Å². The Morgan fingerprint density at radius 2 is 2.03 bits per heavy atom. The number of amides is 1. The molecule has 1 aliphatic carbocycles. The first-order valence-corrected chi connectivity index (χ1v) is 11.8. The highest BCUT2D eigenvalue weighted by atomic mass is 32.1. The van der Waals surface area contributed by atoms with Crippen molar-refractivity contribution in [3.8, 4) is 27.5 Å². The Morgan fingerprint density at radius 3 is 2.75 bits per heavy atom. The first-order chi connectivity index (χ1) is 15.5. The second kappa shape index (κ2) is 8.31. The molecule has 0 radical (unpaired) electrons. The van der Waals surface area contributed by atoms with Crippen molar-refractivity contribution in [3.05, 3.63) is 65.1 Å². The number of aryl methyl sites for hydroxylation is 3. The Labute approximate surface area is 191 Å². The first kappa shape index (κ1) is 20.6. The zero-order chi connectivity index (χ0) is 22.2. The van der Waals surface area contributed by atoms with Crippen molar-refractivity contribution >= 4 is 22.4 Å². The van der Waals surface area contributed by atoms with Crippen LogP contribution >= 0.6 is 11.3 Å². The maximum atomic E-state index is 11.6. The molecular weight excluding hydrogens is 418 g/mol. The molecule has 3 aromatic heterocycles. The summed E-state index contributed by atoms with van der Waals surface area (Å²) in [5, 5.41) is 8.63. The van der Waals surface area contributed by atoms with Gasteiger partial charge in [0, 0.05) is 29.9 Å². The van der Waals surface area contributed by atoms with E-state index in [9.17, 15) is 4.79 Å². The number of rotatable bonds is 4. The van der Waals surface area contributed by atoms with Gasteiger partial charge in [-0.15, -0.1) is 0 Å². The average molecular weight is 444 g/mol. The summed E-state index contributed by atoms with van der Waals surface area (Å²) in [5.74, 6) is -0.107. The number of para-hydroxylation sites is 1. The molecule has 32 heavy (non-hydrogen) atoms. The highest BCUT2D eigenvalue weighted by Crippen LogP contribution is 2.43. The van der Waals surface area contributed by atoms with E-state index in [0.29, 0.717) is 5.13 Å². The number of nitrogens with zero attached hydrogens (tertiary/aromatic N) is 4. The van der Waals surface area contributed by atoms with E-state index < -0.39 is 0 Å². The molecule has 1 amide bonds. The van der Waals surface area contributed by atoms with Gasteiger partial charge in [0.1, 0.15) is 0 Å². The van der Waals surface area contributed by atoms with Crippen molar-refractivity contribution in [3.63, 3.8) is 0 Å². The average Bonchev–Trinajstić information content (AvgIpc) is 3.30. The molecule has 4 aromatic rings. The Hall–Kier alpha value is -3.32. The van der Waals surface area contributed by atoms with Crippen LogP contribution in [0.25, 0.3) is 27.5 Å². The summed E-state index contributed by atoms with van der Waals surface area (Å²) < 4.78 is 2.06. The van der Waals surface area contributed by atoms with Crippen molar-refractivity contribution in [1.82, 2.24) is 19.7 Å². The van der Waals surface area contributed by atoms with E-state index >= 15 is 0 Å². The summed E-state index contributed by atoms with van der Waals surface area (Å²) in [6.45, 7) is 5.73. The summed E-state index contributed by atoms with van der Waals surface area (Å²) in [5.41, 5.74) is 8.60. The number of carbonyl (C=O) groups is 1. The zero-order valence-corrected chi connectivity index (χ0v) is 19.3. The van der Waals surface area contributed by atoms with Crippen LogP contribution in [0, 0.1) is 6.92 Å². The molecule has 5 rings (SSSR count). The molecule has 1 aliphatic rings. The lowest BCUT2D eigenvalue weighted by molar-refractivity contribution is -0.114. The molecule has 0 bridgehead atoms. The number of pyridine rings is 1. The molecule has 162 valence electrons. The number of benzene rings is 1. The number of fused-ring (bicyclic) bond motifs is 3. The molecule has 3 heterocycles. The summed E-state index contributed by atoms with van der Waals surface area (Å²) >= 11 is 1.53. The number of thiazole rings is 1. The standard InChI is InChI=1S/C25H25N5OS/c1-4-18-13-12-17(14-26-18)22-19-9-7-10-20-24(32-25(28-20)27-16(3)31)23(19)30(29-22)21-11-6-5-8-15(21)2/h5-6,8,11-14H,4,7,9-10H2,1-3H3,(H,27,28,31). The molecule has 0 unspecified atom stereocenters. The third-order valence-corrected chi connectivity index (χ3v) is 6.84. The van der Waals surface area contributed by atoms with Crippen molar-refractivity contribution in [2.75, 3.05) is 5.32 Å². The molecule has 6 nitrogen and oxygen atoms in total. The summed E-state index contributed by atoms with van der Waals surface area (Å²) in [7, 11) is 0. The lowest BCUT2D eigenvalue weighted by Gasteiger charge is -2.10. The van der Waals surface area contributed by atoms with Crippen LogP contribution in [0.4, 0.5) is 5.13 Å². The van der Waals surface area contributed by atoms with E-state index in [2.05, 4.69) is 53.1 Å². The lowest BCUT2D eigenvalue weighted by atomic mass is 10.0. The van der Waals surface area contributed by atoms with Crippen LogP contribution in [-0.2, 0) is 24.1 Å². The van der Waals surface area contributed by atoms with Crippen molar-refractivity contribution < 1.29 is 4.79 Å². The van der Waals surface area contributed by atoms with Gasteiger partial charge in [-0.3, -0.25) is 9.78 Å². The highest BCUT2D eigenvalue weighted by Gasteiger charge is 2.28. The summed E-state index contributed by atoms with van der Waals surface area (Å²) in [6, 6.07) is 12.5. The molecule has 0 atom stereocenters. The third-order valence-electron chi connectivity index (χ3n) is 5.82. The quantitative estimate of drug-likeness (QED) is 0.460. The minimum atomic E-state index is -0.107. The molecule has 7 heteroatoms. The minimum Gasteiger partial charge on any atom is -0.302 e. The Balaban J connectivity index is 1.76. The maximum Gasteiger partial charge on any atom is 0.223 e. The Morgan fingerprint density at radius 1 is 1.19 bits per heavy atom. The van der Waals surface area contributed by atoms with E-state index in [1.807, 2.05) is 18.3 Å². The minimum absolute atomic E-state index is 0.107. The number of hydrogen-bond donors (Lipinski definition) is 1. The predicted molar refractivity (Wildman–Crippen MR) is 128 cm³/mol. The van der Waals surface area contributed by atoms with Crippen molar-refractivity contribution in [2.24, 2.45) is 0 Å². The van der Waals surface area contributed by atoms with Crippen LogP contribution in [0.3, 0.4) is 0 Å². The molecule has 1 N–H and O–H groups in total. The summed E-state index contributed by atoms with van der Waals surface area (Å²) in [6.07, 6.45) is 5.62. The molecule has 0 aliphatic heterocycles. The van der Waals surface area contributed by atoms with Gasteiger partial charge in [-0.1, -0.05) is 36.5 Å². The van der Waals surface area contributed by atoms with E-state index in [4.69, 9.17) is 10.1 Å². The monoisotopic (exact) mass is 443 g/mol. The fraction of sp³-hybridized carbons (Fsp3) is 0.280. The van der Waals surface area contributed by atoms with Gasteiger partial charge < -0.3 is 5.32 Å². The fourth-order valence-electron chi connectivity index (χ4n) is 4.24. The smallest absolute Gasteiger partial charge is 0.223 e. The van der Waals surface area contributed by atoms with E-state index in [0.717, 1.165) is 70.2 Å². The predicted octanol–water partition coefficient (Wildman–Crippen LogP) is 5.38. The topological polar surface area (TPSA) is 72.7 Å². The van der Waals surface area contributed by atoms with Crippen LogP contribution in [0.5, 0.6) is 0 Å². The van der Waals surface area contributed by atoms with Crippen LogP contribution in [0.1, 0.15) is 42.8 Å². The highest BCUT2D eigenvalue weighted by molar-refractivity contribution is 7.19. The van der Waals surface area contributed by atoms with Crippen LogP contribution in [0.15, 0.2) is 42.6 Å².